The Balaban J connectivity index is 1.66. The van der Waals surface area contributed by atoms with Crippen LogP contribution in [0.4, 0.5) is 0 Å². The van der Waals surface area contributed by atoms with Gasteiger partial charge in [-0.2, -0.15) is 0 Å². The van der Waals surface area contributed by atoms with Gasteiger partial charge in [0.15, 0.2) is 0 Å². The largest absolute Gasteiger partial charge is 0.330 e. The molecule has 4 aliphatic rings. The Labute approximate surface area is 114 Å². The smallest absolute Gasteiger partial charge is 0.0114 e. The lowest BCUT2D eigenvalue weighted by Gasteiger charge is -2.54. The SMILES string of the molecule is NCCc1ccsc1C1C2CC3CC(C2)CC1C3. The highest BCUT2D eigenvalue weighted by atomic mass is 32.1. The minimum atomic E-state index is 0.803. The molecule has 1 nitrogen and oxygen atoms in total. The highest BCUT2D eigenvalue weighted by molar-refractivity contribution is 7.10. The second kappa shape index (κ2) is 4.35. The first-order valence-electron chi connectivity index (χ1n) is 7.61. The van der Waals surface area contributed by atoms with Crippen molar-refractivity contribution < 1.29 is 0 Å². The summed E-state index contributed by atoms with van der Waals surface area (Å²) in [5.41, 5.74) is 7.34. The predicted molar refractivity (Wildman–Crippen MR) is 76.9 cm³/mol. The van der Waals surface area contributed by atoms with Crippen LogP contribution in [0.5, 0.6) is 0 Å². The van der Waals surface area contributed by atoms with E-state index in [0.717, 1.165) is 42.6 Å². The molecule has 1 aromatic rings. The van der Waals surface area contributed by atoms with Gasteiger partial charge in [-0.1, -0.05) is 0 Å². The average molecular weight is 261 g/mol. The summed E-state index contributed by atoms with van der Waals surface area (Å²) >= 11 is 2.01. The lowest BCUT2D eigenvalue weighted by molar-refractivity contribution is -0.00185. The van der Waals surface area contributed by atoms with Gasteiger partial charge >= 0.3 is 0 Å². The molecule has 98 valence electrons. The molecule has 4 aliphatic carbocycles. The molecule has 0 aliphatic heterocycles. The van der Waals surface area contributed by atoms with Crippen molar-refractivity contribution in [2.75, 3.05) is 6.54 Å². The normalized spacial score (nSPS) is 41.5. The topological polar surface area (TPSA) is 26.0 Å². The van der Waals surface area contributed by atoms with E-state index in [0.29, 0.717) is 0 Å². The van der Waals surface area contributed by atoms with Crippen LogP contribution in [0.15, 0.2) is 11.4 Å². The van der Waals surface area contributed by atoms with Crippen molar-refractivity contribution in [1.82, 2.24) is 0 Å². The van der Waals surface area contributed by atoms with Crippen molar-refractivity contribution in [3.8, 4) is 0 Å². The highest BCUT2D eigenvalue weighted by Gasteiger charge is 2.49. The third-order valence-electron chi connectivity index (χ3n) is 5.72. The Kier molecular flexibility index (Phi) is 2.77. The molecule has 18 heavy (non-hydrogen) atoms. The van der Waals surface area contributed by atoms with Crippen LogP contribution in [0.25, 0.3) is 0 Å². The molecule has 4 saturated carbocycles. The van der Waals surface area contributed by atoms with E-state index in [2.05, 4.69) is 11.4 Å². The van der Waals surface area contributed by atoms with Crippen LogP contribution in [0.1, 0.15) is 48.5 Å². The predicted octanol–water partition coefficient (Wildman–Crippen LogP) is 3.79. The van der Waals surface area contributed by atoms with Crippen LogP contribution >= 0.6 is 11.3 Å². The molecule has 2 N–H and O–H groups in total. The summed E-state index contributed by atoms with van der Waals surface area (Å²) in [5.74, 6) is 5.09. The zero-order chi connectivity index (χ0) is 12.1. The van der Waals surface area contributed by atoms with Gasteiger partial charge in [0.2, 0.25) is 0 Å². The molecule has 4 bridgehead atoms. The van der Waals surface area contributed by atoms with Gasteiger partial charge in [0, 0.05) is 4.88 Å². The van der Waals surface area contributed by atoms with E-state index in [1.54, 1.807) is 16.9 Å². The summed E-state index contributed by atoms with van der Waals surface area (Å²) < 4.78 is 0. The number of hydrogen-bond donors (Lipinski definition) is 1. The summed E-state index contributed by atoms with van der Waals surface area (Å²) in [6.45, 7) is 0.803. The number of hydrogen-bond acceptors (Lipinski definition) is 2. The average Bonchev–Trinajstić information content (AvgIpc) is 2.76. The Morgan fingerprint density at radius 1 is 1.06 bits per heavy atom. The first kappa shape index (κ1) is 11.5. The van der Waals surface area contributed by atoms with Gasteiger partial charge in [0.25, 0.3) is 0 Å². The molecule has 4 fully saturated rings. The number of nitrogens with two attached hydrogens (primary N) is 1. The van der Waals surface area contributed by atoms with Crippen molar-refractivity contribution >= 4 is 11.3 Å². The molecule has 0 unspecified atom stereocenters. The molecule has 5 rings (SSSR count). The monoisotopic (exact) mass is 261 g/mol. The molecular formula is C16H23NS. The number of thiophene rings is 1. The molecule has 0 amide bonds. The second-order valence-corrected chi connectivity index (χ2v) is 7.75. The van der Waals surface area contributed by atoms with E-state index in [1.165, 1.54) is 25.7 Å². The maximum Gasteiger partial charge on any atom is 0.0114 e. The summed E-state index contributed by atoms with van der Waals surface area (Å²) in [5, 5.41) is 2.30. The fourth-order valence-corrected chi connectivity index (χ4v) is 6.60. The van der Waals surface area contributed by atoms with Gasteiger partial charge in [-0.15, -0.1) is 11.3 Å². The summed E-state index contributed by atoms with van der Waals surface area (Å²) in [6.07, 6.45) is 8.74. The van der Waals surface area contributed by atoms with Crippen molar-refractivity contribution in [2.24, 2.45) is 29.4 Å². The lowest BCUT2D eigenvalue weighted by Crippen LogP contribution is -2.43. The van der Waals surface area contributed by atoms with Gasteiger partial charge in [-0.25, -0.2) is 0 Å². The Bertz CT molecular complexity index is 408. The Morgan fingerprint density at radius 3 is 2.33 bits per heavy atom. The molecule has 1 aromatic heterocycles. The van der Waals surface area contributed by atoms with Crippen molar-refractivity contribution in [2.45, 2.75) is 44.4 Å². The third kappa shape index (κ3) is 1.69. The zero-order valence-electron chi connectivity index (χ0n) is 11.0. The van der Waals surface area contributed by atoms with Crippen LogP contribution in [-0.4, -0.2) is 6.54 Å². The van der Waals surface area contributed by atoms with E-state index in [9.17, 15) is 0 Å². The minimum absolute atomic E-state index is 0.803. The molecule has 0 radical (unpaired) electrons. The zero-order valence-corrected chi connectivity index (χ0v) is 11.8. The standard InChI is InChI=1S/C16H23NS/c17-3-1-12-2-4-18-16(12)15-13-6-10-5-11(8-13)9-14(15)7-10/h2,4,10-11,13-15H,1,3,5-9,17H2. The van der Waals surface area contributed by atoms with E-state index in [-0.39, 0.29) is 0 Å². The molecular weight excluding hydrogens is 238 g/mol. The summed E-state index contributed by atoms with van der Waals surface area (Å²) in [6, 6.07) is 2.33. The Morgan fingerprint density at radius 2 is 1.72 bits per heavy atom. The molecule has 0 aromatic carbocycles. The Hall–Kier alpha value is -0.340. The maximum atomic E-state index is 5.77. The van der Waals surface area contributed by atoms with Crippen molar-refractivity contribution in [3.05, 3.63) is 21.9 Å². The molecule has 0 saturated heterocycles. The number of rotatable bonds is 3. The fourth-order valence-electron chi connectivity index (χ4n) is 5.36. The molecule has 0 atom stereocenters. The van der Waals surface area contributed by atoms with Gasteiger partial charge in [-0.3, -0.25) is 0 Å². The molecule has 2 heteroatoms. The first-order chi connectivity index (χ1) is 8.85. The lowest BCUT2D eigenvalue weighted by atomic mass is 9.51. The fraction of sp³-hybridized carbons (Fsp3) is 0.750. The quantitative estimate of drug-likeness (QED) is 0.880. The van der Waals surface area contributed by atoms with Gasteiger partial charge < -0.3 is 5.73 Å². The van der Waals surface area contributed by atoms with Crippen LogP contribution in [0.2, 0.25) is 0 Å². The third-order valence-corrected chi connectivity index (χ3v) is 6.78. The molecule has 0 spiro atoms. The van der Waals surface area contributed by atoms with E-state index < -0.39 is 0 Å². The summed E-state index contributed by atoms with van der Waals surface area (Å²) in [7, 11) is 0. The van der Waals surface area contributed by atoms with Gasteiger partial charge in [0.1, 0.15) is 0 Å². The second-order valence-electron chi connectivity index (χ2n) is 6.81. The van der Waals surface area contributed by atoms with E-state index in [1.807, 2.05) is 11.3 Å². The molecule has 1 heterocycles. The van der Waals surface area contributed by atoms with Crippen LogP contribution in [0, 0.1) is 23.7 Å². The van der Waals surface area contributed by atoms with Gasteiger partial charge in [0.05, 0.1) is 0 Å². The van der Waals surface area contributed by atoms with Crippen molar-refractivity contribution in [3.63, 3.8) is 0 Å². The van der Waals surface area contributed by atoms with E-state index in [4.69, 9.17) is 5.73 Å². The van der Waals surface area contributed by atoms with Crippen molar-refractivity contribution in [1.29, 1.82) is 0 Å². The van der Waals surface area contributed by atoms with Gasteiger partial charge in [-0.05, 0) is 91.7 Å². The van der Waals surface area contributed by atoms with Crippen LogP contribution < -0.4 is 5.73 Å². The minimum Gasteiger partial charge on any atom is -0.330 e. The highest BCUT2D eigenvalue weighted by Crippen LogP contribution is 2.60. The van der Waals surface area contributed by atoms with E-state index >= 15 is 0 Å². The maximum absolute atomic E-state index is 5.77. The first-order valence-corrected chi connectivity index (χ1v) is 8.49. The summed E-state index contributed by atoms with van der Waals surface area (Å²) in [4.78, 5) is 1.72. The van der Waals surface area contributed by atoms with Crippen LogP contribution in [0.3, 0.4) is 0 Å². The van der Waals surface area contributed by atoms with Crippen LogP contribution in [-0.2, 0) is 6.42 Å².